The first-order valence-corrected chi connectivity index (χ1v) is 8.27. The molecule has 4 nitrogen and oxygen atoms in total. The number of carbonyl (C=O) groups is 1. The number of likely N-dealkylation sites (N-methyl/N-ethyl adjacent to an activating group) is 1. The average Bonchev–Trinajstić information content (AvgIpc) is 3.15. The number of hydrogen-bond donors (Lipinski definition) is 2. The van der Waals surface area contributed by atoms with Crippen LogP contribution in [0.3, 0.4) is 0 Å². The molecule has 1 amide bonds. The van der Waals surface area contributed by atoms with Gasteiger partial charge in [-0.25, -0.2) is 0 Å². The fourth-order valence-corrected chi connectivity index (χ4v) is 3.84. The van der Waals surface area contributed by atoms with E-state index in [0.717, 1.165) is 46.3 Å². The van der Waals surface area contributed by atoms with Crippen molar-refractivity contribution in [2.24, 2.45) is 0 Å². The molecule has 0 spiro atoms. The van der Waals surface area contributed by atoms with Crippen molar-refractivity contribution in [1.29, 1.82) is 0 Å². The minimum Gasteiger partial charge on any atom is -0.366 e. The van der Waals surface area contributed by atoms with Gasteiger partial charge >= 0.3 is 0 Å². The van der Waals surface area contributed by atoms with Gasteiger partial charge in [0.2, 0.25) is 0 Å². The van der Waals surface area contributed by atoms with E-state index in [9.17, 15) is 4.79 Å². The molecule has 2 N–H and O–H groups in total. The lowest BCUT2D eigenvalue weighted by atomic mass is 10.0. The van der Waals surface area contributed by atoms with E-state index >= 15 is 0 Å². The molecule has 2 aromatic heterocycles. The van der Waals surface area contributed by atoms with Crippen molar-refractivity contribution < 1.29 is 4.79 Å². The van der Waals surface area contributed by atoms with Gasteiger partial charge in [-0.1, -0.05) is 11.6 Å². The van der Waals surface area contributed by atoms with Crippen LogP contribution in [0.1, 0.15) is 23.2 Å². The number of halogens is 1. The lowest BCUT2D eigenvalue weighted by molar-refractivity contribution is 0.0699. The van der Waals surface area contributed by atoms with Crippen molar-refractivity contribution in [1.82, 2.24) is 15.2 Å². The highest BCUT2D eigenvalue weighted by Gasteiger charge is 2.26. The molecule has 0 bridgehead atoms. The van der Waals surface area contributed by atoms with Crippen LogP contribution in [0, 0.1) is 0 Å². The number of aromatic nitrogens is 1. The summed E-state index contributed by atoms with van der Waals surface area (Å²) in [5.74, 6) is 0.0933. The molecule has 0 saturated carbocycles. The molecule has 0 radical (unpaired) electrons. The van der Waals surface area contributed by atoms with E-state index < -0.39 is 0 Å². The Morgan fingerprint density at radius 3 is 3.05 bits per heavy atom. The zero-order valence-corrected chi connectivity index (χ0v) is 13.4. The van der Waals surface area contributed by atoms with Gasteiger partial charge in [0, 0.05) is 42.0 Å². The summed E-state index contributed by atoms with van der Waals surface area (Å²) in [7, 11) is 1.95. The maximum absolute atomic E-state index is 12.8. The third kappa shape index (κ3) is 3.00. The van der Waals surface area contributed by atoms with Crippen molar-refractivity contribution in [2.45, 2.75) is 18.9 Å². The Bertz CT molecular complexity index is 636. The van der Waals surface area contributed by atoms with Crippen LogP contribution in [-0.2, 0) is 0 Å². The monoisotopic (exact) mass is 323 g/mol. The summed E-state index contributed by atoms with van der Waals surface area (Å²) >= 11 is 7.49. The maximum atomic E-state index is 12.8. The van der Waals surface area contributed by atoms with Gasteiger partial charge in [-0.3, -0.25) is 4.79 Å². The van der Waals surface area contributed by atoms with Gasteiger partial charge < -0.3 is 15.2 Å². The molecule has 3 rings (SSSR count). The van der Waals surface area contributed by atoms with Crippen LogP contribution in [0.15, 0.2) is 24.5 Å². The topological polar surface area (TPSA) is 48.1 Å². The second-order valence-electron chi connectivity index (χ2n) is 5.27. The molecule has 112 valence electrons. The molecule has 2 aromatic rings. The van der Waals surface area contributed by atoms with Gasteiger partial charge in [-0.2, -0.15) is 0 Å². The lowest BCUT2D eigenvalue weighted by Gasteiger charge is -2.32. The Hall–Kier alpha value is -1.30. The van der Waals surface area contributed by atoms with Crippen LogP contribution in [-0.4, -0.2) is 42.0 Å². The van der Waals surface area contributed by atoms with Crippen molar-refractivity contribution in [3.8, 4) is 10.4 Å². The number of H-pyrrole nitrogens is 1. The van der Waals surface area contributed by atoms with Gasteiger partial charge in [-0.15, -0.1) is 11.3 Å². The van der Waals surface area contributed by atoms with Gasteiger partial charge in [0.15, 0.2) is 0 Å². The minimum atomic E-state index is 0.0933. The fourth-order valence-electron chi connectivity index (χ4n) is 2.77. The number of piperidine rings is 1. The molecule has 21 heavy (non-hydrogen) atoms. The largest absolute Gasteiger partial charge is 0.366 e. The molecular weight excluding hydrogens is 306 g/mol. The third-order valence-corrected chi connectivity index (χ3v) is 5.20. The van der Waals surface area contributed by atoms with E-state index in [4.69, 9.17) is 11.6 Å². The smallest absolute Gasteiger partial charge is 0.256 e. The SMILES string of the molecule is CNC1CCCN(C(=O)c2c[nH]cc2-c2ccc(Cl)s2)C1. The van der Waals surface area contributed by atoms with Crippen LogP contribution in [0.5, 0.6) is 0 Å². The number of rotatable bonds is 3. The Kier molecular flexibility index (Phi) is 4.33. The molecule has 0 aliphatic carbocycles. The number of nitrogens with zero attached hydrogens (tertiary/aromatic N) is 1. The zero-order valence-electron chi connectivity index (χ0n) is 11.9. The van der Waals surface area contributed by atoms with Crippen LogP contribution < -0.4 is 5.32 Å². The van der Waals surface area contributed by atoms with Crippen molar-refractivity contribution in [3.05, 3.63) is 34.4 Å². The molecule has 1 saturated heterocycles. The molecule has 1 atom stereocenters. The standard InChI is InChI=1S/C15H18ClN3OS/c1-17-10-3-2-6-19(9-10)15(20)12-8-18-7-11(12)13-4-5-14(16)21-13/h4-5,7-8,10,17-18H,2-3,6,9H2,1H3. The van der Waals surface area contributed by atoms with E-state index in [-0.39, 0.29) is 5.91 Å². The Morgan fingerprint density at radius 1 is 1.48 bits per heavy atom. The maximum Gasteiger partial charge on any atom is 0.256 e. The summed E-state index contributed by atoms with van der Waals surface area (Å²) in [6.45, 7) is 1.60. The molecule has 1 fully saturated rings. The van der Waals surface area contributed by atoms with Crippen LogP contribution in [0.2, 0.25) is 4.34 Å². The number of likely N-dealkylation sites (tertiary alicyclic amines) is 1. The summed E-state index contributed by atoms with van der Waals surface area (Å²) in [6, 6.07) is 4.21. The zero-order chi connectivity index (χ0) is 14.8. The number of nitrogens with one attached hydrogen (secondary N) is 2. The predicted octanol–water partition coefficient (Wildman–Crippen LogP) is 3.22. The summed E-state index contributed by atoms with van der Waals surface area (Å²) in [4.78, 5) is 18.8. The quantitative estimate of drug-likeness (QED) is 0.911. The predicted molar refractivity (Wildman–Crippen MR) is 87.1 cm³/mol. The van der Waals surface area contributed by atoms with Gasteiger partial charge in [-0.05, 0) is 32.0 Å². The second kappa shape index (κ2) is 6.22. The van der Waals surface area contributed by atoms with E-state index in [0.29, 0.717) is 6.04 Å². The molecule has 0 aromatic carbocycles. The highest BCUT2D eigenvalue weighted by molar-refractivity contribution is 7.19. The van der Waals surface area contributed by atoms with E-state index in [1.807, 2.05) is 30.3 Å². The molecular formula is C15H18ClN3OS. The number of amides is 1. The Balaban J connectivity index is 1.84. The number of carbonyl (C=O) groups excluding carboxylic acids is 1. The third-order valence-electron chi connectivity index (χ3n) is 3.93. The van der Waals surface area contributed by atoms with Gasteiger partial charge in [0.1, 0.15) is 0 Å². The summed E-state index contributed by atoms with van der Waals surface area (Å²) in [5.41, 5.74) is 1.66. The van der Waals surface area contributed by atoms with E-state index in [1.54, 1.807) is 6.20 Å². The first-order chi connectivity index (χ1) is 10.2. The van der Waals surface area contributed by atoms with Gasteiger partial charge in [0.05, 0.1) is 9.90 Å². The average molecular weight is 324 g/mol. The summed E-state index contributed by atoms with van der Waals surface area (Å²) in [6.07, 6.45) is 5.83. The molecule has 1 aliphatic heterocycles. The first kappa shape index (κ1) is 14.6. The highest BCUT2D eigenvalue weighted by Crippen LogP contribution is 2.33. The first-order valence-electron chi connectivity index (χ1n) is 7.08. The van der Waals surface area contributed by atoms with Crippen LogP contribution in [0.4, 0.5) is 0 Å². The minimum absolute atomic E-state index is 0.0933. The number of aromatic amines is 1. The molecule has 1 aliphatic rings. The lowest BCUT2D eigenvalue weighted by Crippen LogP contribution is -2.46. The molecule has 3 heterocycles. The van der Waals surface area contributed by atoms with E-state index in [2.05, 4.69) is 10.3 Å². The second-order valence-corrected chi connectivity index (χ2v) is 6.98. The molecule has 6 heteroatoms. The molecule has 1 unspecified atom stereocenters. The van der Waals surface area contributed by atoms with Crippen molar-refractivity contribution >= 4 is 28.8 Å². The summed E-state index contributed by atoms with van der Waals surface area (Å²) < 4.78 is 0.734. The number of thiophene rings is 1. The van der Waals surface area contributed by atoms with Crippen molar-refractivity contribution in [2.75, 3.05) is 20.1 Å². The highest BCUT2D eigenvalue weighted by atomic mass is 35.5. The number of hydrogen-bond acceptors (Lipinski definition) is 3. The van der Waals surface area contributed by atoms with Crippen LogP contribution >= 0.6 is 22.9 Å². The normalized spacial score (nSPS) is 19.0. The Morgan fingerprint density at radius 2 is 2.33 bits per heavy atom. The Labute approximate surface area is 133 Å². The fraction of sp³-hybridized carbons (Fsp3) is 0.400. The van der Waals surface area contributed by atoms with Crippen LogP contribution in [0.25, 0.3) is 10.4 Å². The van der Waals surface area contributed by atoms with Crippen molar-refractivity contribution in [3.63, 3.8) is 0 Å². The van der Waals surface area contributed by atoms with Gasteiger partial charge in [0.25, 0.3) is 5.91 Å². The summed E-state index contributed by atoms with van der Waals surface area (Å²) in [5, 5.41) is 3.27. The van der Waals surface area contributed by atoms with E-state index in [1.165, 1.54) is 11.3 Å².